The molecule has 19 heavy (non-hydrogen) atoms. The van der Waals surface area contributed by atoms with Gasteiger partial charge in [0.15, 0.2) is 0 Å². The second-order valence-electron chi connectivity index (χ2n) is 4.83. The minimum atomic E-state index is -0.164. The first-order chi connectivity index (χ1) is 8.99. The maximum absolute atomic E-state index is 11.7. The first-order valence-corrected chi connectivity index (χ1v) is 6.40. The van der Waals surface area contributed by atoms with E-state index in [1.807, 2.05) is 13.8 Å². The van der Waals surface area contributed by atoms with Crippen molar-refractivity contribution in [2.24, 2.45) is 5.92 Å². The van der Waals surface area contributed by atoms with Crippen molar-refractivity contribution in [1.29, 1.82) is 0 Å². The molecule has 1 aromatic carbocycles. The molecule has 0 aromatic heterocycles. The Labute approximate surface area is 113 Å². The predicted molar refractivity (Wildman–Crippen MR) is 76.6 cm³/mol. The Morgan fingerprint density at radius 1 is 1.21 bits per heavy atom. The van der Waals surface area contributed by atoms with Gasteiger partial charge >= 0.3 is 0 Å². The number of anilines is 2. The van der Waals surface area contributed by atoms with Crippen LogP contribution in [0.5, 0.6) is 0 Å². The standard InChI is InChI=1S/C14H21N3O2/c1-10(2)9-14(19)16-8-7-13(18)17-12-6-4-3-5-11(12)15/h3-6,10H,7-9,15H2,1-2H3,(H,16,19)(H,17,18). The van der Waals surface area contributed by atoms with Crippen LogP contribution in [0.2, 0.25) is 0 Å². The number of amides is 2. The van der Waals surface area contributed by atoms with E-state index in [1.165, 1.54) is 0 Å². The summed E-state index contributed by atoms with van der Waals surface area (Å²) in [7, 11) is 0. The summed E-state index contributed by atoms with van der Waals surface area (Å²) in [4.78, 5) is 23.0. The molecule has 0 aliphatic rings. The first-order valence-electron chi connectivity index (χ1n) is 6.40. The molecule has 0 aliphatic heterocycles. The molecule has 1 rings (SSSR count). The van der Waals surface area contributed by atoms with Crippen LogP contribution in [-0.4, -0.2) is 18.4 Å². The third-order valence-corrected chi connectivity index (χ3v) is 2.50. The van der Waals surface area contributed by atoms with E-state index in [2.05, 4.69) is 10.6 Å². The Bertz CT molecular complexity index is 444. The van der Waals surface area contributed by atoms with Gasteiger partial charge in [-0.25, -0.2) is 0 Å². The van der Waals surface area contributed by atoms with E-state index in [0.717, 1.165) is 0 Å². The van der Waals surface area contributed by atoms with E-state index in [0.29, 0.717) is 30.3 Å². The van der Waals surface area contributed by atoms with Crippen molar-refractivity contribution < 1.29 is 9.59 Å². The van der Waals surface area contributed by atoms with Gasteiger partial charge in [0, 0.05) is 19.4 Å². The highest BCUT2D eigenvalue weighted by Gasteiger charge is 2.07. The van der Waals surface area contributed by atoms with Crippen molar-refractivity contribution >= 4 is 23.2 Å². The Morgan fingerprint density at radius 3 is 2.53 bits per heavy atom. The van der Waals surface area contributed by atoms with Gasteiger partial charge in [0.2, 0.25) is 11.8 Å². The monoisotopic (exact) mass is 263 g/mol. The molecule has 0 unspecified atom stereocenters. The van der Waals surface area contributed by atoms with Gasteiger partial charge in [-0.05, 0) is 18.1 Å². The van der Waals surface area contributed by atoms with Gasteiger partial charge in [0.25, 0.3) is 0 Å². The van der Waals surface area contributed by atoms with Gasteiger partial charge in [0.1, 0.15) is 0 Å². The quantitative estimate of drug-likeness (QED) is 0.684. The Hall–Kier alpha value is -2.04. The fraction of sp³-hybridized carbons (Fsp3) is 0.429. The zero-order valence-electron chi connectivity index (χ0n) is 11.4. The summed E-state index contributed by atoms with van der Waals surface area (Å²) in [6.45, 7) is 4.29. The van der Waals surface area contributed by atoms with E-state index in [-0.39, 0.29) is 18.2 Å². The molecular formula is C14H21N3O2. The normalized spacial score (nSPS) is 10.3. The third-order valence-electron chi connectivity index (χ3n) is 2.50. The van der Waals surface area contributed by atoms with Crippen molar-refractivity contribution in [3.63, 3.8) is 0 Å². The number of benzene rings is 1. The molecule has 1 aromatic rings. The van der Waals surface area contributed by atoms with Crippen molar-refractivity contribution in [2.45, 2.75) is 26.7 Å². The predicted octanol–water partition coefficient (Wildman–Crippen LogP) is 1.76. The highest BCUT2D eigenvalue weighted by atomic mass is 16.2. The summed E-state index contributed by atoms with van der Waals surface area (Å²) in [5.74, 6) is 0.128. The van der Waals surface area contributed by atoms with Crippen molar-refractivity contribution in [2.75, 3.05) is 17.6 Å². The van der Waals surface area contributed by atoms with Crippen LogP contribution in [0.4, 0.5) is 11.4 Å². The largest absolute Gasteiger partial charge is 0.397 e. The zero-order chi connectivity index (χ0) is 14.3. The van der Waals surface area contributed by atoms with Gasteiger partial charge < -0.3 is 16.4 Å². The second-order valence-corrected chi connectivity index (χ2v) is 4.83. The number of nitrogen functional groups attached to an aromatic ring is 1. The topological polar surface area (TPSA) is 84.2 Å². The lowest BCUT2D eigenvalue weighted by Gasteiger charge is -2.09. The third kappa shape index (κ3) is 5.90. The van der Waals surface area contributed by atoms with Crippen molar-refractivity contribution in [1.82, 2.24) is 5.32 Å². The summed E-state index contributed by atoms with van der Waals surface area (Å²) in [5, 5.41) is 5.42. The zero-order valence-corrected chi connectivity index (χ0v) is 11.4. The van der Waals surface area contributed by atoms with Gasteiger partial charge in [0.05, 0.1) is 11.4 Å². The molecule has 0 radical (unpaired) electrons. The first kappa shape index (κ1) is 15.0. The van der Waals surface area contributed by atoms with E-state index in [4.69, 9.17) is 5.73 Å². The number of carbonyl (C=O) groups is 2. The van der Waals surface area contributed by atoms with Crippen LogP contribution >= 0.6 is 0 Å². The fourth-order valence-electron chi connectivity index (χ4n) is 1.58. The van der Waals surface area contributed by atoms with Gasteiger partial charge in [-0.3, -0.25) is 9.59 Å². The number of hydrogen-bond donors (Lipinski definition) is 3. The molecule has 0 fully saturated rings. The van der Waals surface area contributed by atoms with Gasteiger partial charge in [-0.1, -0.05) is 26.0 Å². The summed E-state index contributed by atoms with van der Waals surface area (Å²) >= 11 is 0. The van der Waals surface area contributed by atoms with E-state index < -0.39 is 0 Å². The molecule has 0 bridgehead atoms. The Morgan fingerprint density at radius 2 is 1.89 bits per heavy atom. The average Bonchev–Trinajstić information content (AvgIpc) is 2.31. The number of nitrogens with two attached hydrogens (primary N) is 1. The highest BCUT2D eigenvalue weighted by molar-refractivity contribution is 5.94. The van der Waals surface area contributed by atoms with Crippen LogP contribution in [0.3, 0.4) is 0 Å². The Kier molecular flexibility index (Phi) is 5.85. The lowest BCUT2D eigenvalue weighted by atomic mass is 10.1. The Balaban J connectivity index is 2.29. The molecule has 0 heterocycles. The molecule has 104 valence electrons. The van der Waals surface area contributed by atoms with Crippen LogP contribution in [0.15, 0.2) is 24.3 Å². The fourth-order valence-corrected chi connectivity index (χ4v) is 1.58. The maximum atomic E-state index is 11.7. The number of carbonyl (C=O) groups excluding carboxylic acids is 2. The number of nitrogens with one attached hydrogen (secondary N) is 2. The molecule has 0 saturated heterocycles. The molecule has 4 N–H and O–H groups in total. The lowest BCUT2D eigenvalue weighted by molar-refractivity contribution is -0.121. The van der Waals surface area contributed by atoms with Crippen LogP contribution in [0, 0.1) is 5.92 Å². The number of rotatable bonds is 6. The second kappa shape index (κ2) is 7.41. The van der Waals surface area contributed by atoms with Crippen LogP contribution < -0.4 is 16.4 Å². The minimum Gasteiger partial charge on any atom is -0.397 e. The summed E-state index contributed by atoms with van der Waals surface area (Å²) < 4.78 is 0. The molecule has 5 nitrogen and oxygen atoms in total. The van der Waals surface area contributed by atoms with Crippen LogP contribution in [0.1, 0.15) is 26.7 Å². The summed E-state index contributed by atoms with van der Waals surface area (Å²) in [5.41, 5.74) is 6.84. The molecule has 0 spiro atoms. The molecule has 5 heteroatoms. The number of para-hydroxylation sites is 2. The molecule has 0 saturated carbocycles. The molecule has 0 aliphatic carbocycles. The minimum absolute atomic E-state index is 0.0259. The smallest absolute Gasteiger partial charge is 0.226 e. The van der Waals surface area contributed by atoms with Crippen LogP contribution in [-0.2, 0) is 9.59 Å². The molecule has 0 atom stereocenters. The average molecular weight is 263 g/mol. The van der Waals surface area contributed by atoms with Crippen molar-refractivity contribution in [3.05, 3.63) is 24.3 Å². The van der Waals surface area contributed by atoms with Crippen LogP contribution in [0.25, 0.3) is 0 Å². The lowest BCUT2D eigenvalue weighted by Crippen LogP contribution is -2.28. The summed E-state index contributed by atoms with van der Waals surface area (Å²) in [6, 6.07) is 7.07. The summed E-state index contributed by atoms with van der Waals surface area (Å²) in [6.07, 6.45) is 0.714. The molecular weight excluding hydrogens is 242 g/mol. The van der Waals surface area contributed by atoms with E-state index >= 15 is 0 Å². The maximum Gasteiger partial charge on any atom is 0.226 e. The SMILES string of the molecule is CC(C)CC(=O)NCCC(=O)Nc1ccccc1N. The highest BCUT2D eigenvalue weighted by Crippen LogP contribution is 2.16. The van der Waals surface area contributed by atoms with Gasteiger partial charge in [-0.2, -0.15) is 0 Å². The number of hydrogen-bond acceptors (Lipinski definition) is 3. The van der Waals surface area contributed by atoms with Gasteiger partial charge in [-0.15, -0.1) is 0 Å². The van der Waals surface area contributed by atoms with Crippen molar-refractivity contribution in [3.8, 4) is 0 Å². The van der Waals surface area contributed by atoms with E-state index in [1.54, 1.807) is 24.3 Å². The van der Waals surface area contributed by atoms with E-state index in [9.17, 15) is 9.59 Å². The molecule has 2 amide bonds.